The lowest BCUT2D eigenvalue weighted by atomic mass is 9.65. The van der Waals surface area contributed by atoms with E-state index >= 15 is 0 Å². The molecule has 0 radical (unpaired) electrons. The molecule has 0 unspecified atom stereocenters. The lowest BCUT2D eigenvalue weighted by Crippen LogP contribution is -2.30. The smallest absolute Gasteiger partial charge is 0.427 e. The van der Waals surface area contributed by atoms with Crippen molar-refractivity contribution < 1.29 is 10.0 Å². The van der Waals surface area contributed by atoms with Crippen LogP contribution in [0.5, 0.6) is 0 Å². The van der Waals surface area contributed by atoms with Gasteiger partial charge in [-0.2, -0.15) is 0 Å². The molecule has 31 heavy (non-hydrogen) atoms. The van der Waals surface area contributed by atoms with Crippen molar-refractivity contribution >= 4 is 41.9 Å². The Hall–Kier alpha value is -1.49. The van der Waals surface area contributed by atoms with Gasteiger partial charge in [0.05, 0.1) is 0 Å². The lowest BCUT2D eigenvalue weighted by molar-refractivity contribution is 0.398. The topological polar surface area (TPSA) is 40.5 Å². The van der Waals surface area contributed by atoms with Gasteiger partial charge in [0.1, 0.15) is 0 Å². The van der Waals surface area contributed by atoms with Gasteiger partial charge in [0.25, 0.3) is 0 Å². The average Bonchev–Trinajstić information content (AvgIpc) is 2.72. The third kappa shape index (κ3) is 5.13. The van der Waals surface area contributed by atoms with E-state index in [1.165, 1.54) is 0 Å². The molecule has 0 fully saturated rings. The van der Waals surface area contributed by atoms with Gasteiger partial charge < -0.3 is 10.0 Å². The SMILES string of the molecule is Cc1ccc(C(CCCB(O)O)(c2ccc(C)c(Cl)c2)c2ccc(C)c(Cl)c2)cc1Cl. The Labute approximate surface area is 199 Å². The molecule has 0 aromatic heterocycles. The van der Waals surface area contributed by atoms with Crippen molar-refractivity contribution in [2.75, 3.05) is 0 Å². The van der Waals surface area contributed by atoms with E-state index in [2.05, 4.69) is 18.2 Å². The fraction of sp³-hybridized carbons (Fsp3) is 0.280. The van der Waals surface area contributed by atoms with Crippen LogP contribution in [0.25, 0.3) is 0 Å². The maximum absolute atomic E-state index is 9.49. The minimum Gasteiger partial charge on any atom is -0.427 e. The molecule has 0 aliphatic rings. The van der Waals surface area contributed by atoms with Gasteiger partial charge in [0.2, 0.25) is 0 Å². The van der Waals surface area contributed by atoms with Crippen LogP contribution in [0.1, 0.15) is 46.2 Å². The second-order valence-corrected chi connectivity index (χ2v) is 9.39. The summed E-state index contributed by atoms with van der Waals surface area (Å²) < 4.78 is 0. The molecular weight excluding hydrogens is 449 g/mol. The molecule has 0 spiro atoms. The Morgan fingerprint density at radius 2 is 1.03 bits per heavy atom. The first-order valence-electron chi connectivity index (χ1n) is 10.3. The van der Waals surface area contributed by atoms with Crippen LogP contribution in [0.15, 0.2) is 54.6 Å². The van der Waals surface area contributed by atoms with E-state index in [1.807, 2.05) is 57.2 Å². The second-order valence-electron chi connectivity index (χ2n) is 8.17. The number of halogens is 3. The highest BCUT2D eigenvalue weighted by Crippen LogP contribution is 2.46. The molecule has 6 heteroatoms. The fourth-order valence-corrected chi connectivity index (χ4v) is 4.60. The van der Waals surface area contributed by atoms with Crippen molar-refractivity contribution in [1.82, 2.24) is 0 Å². The van der Waals surface area contributed by atoms with Gasteiger partial charge in [-0.25, -0.2) is 0 Å². The number of aryl methyl sites for hydroxylation is 3. The Kier molecular flexibility index (Phi) is 7.78. The van der Waals surface area contributed by atoms with Crippen LogP contribution in [0.4, 0.5) is 0 Å². The zero-order valence-electron chi connectivity index (χ0n) is 17.9. The van der Waals surface area contributed by atoms with E-state index in [0.717, 1.165) is 33.4 Å². The van der Waals surface area contributed by atoms with Gasteiger partial charge in [-0.3, -0.25) is 0 Å². The molecule has 0 bridgehead atoms. The average molecular weight is 476 g/mol. The molecule has 3 rings (SSSR count). The summed E-state index contributed by atoms with van der Waals surface area (Å²) in [7, 11) is -1.36. The largest absolute Gasteiger partial charge is 0.451 e. The van der Waals surface area contributed by atoms with Crippen LogP contribution in [0, 0.1) is 20.8 Å². The summed E-state index contributed by atoms with van der Waals surface area (Å²) in [5.41, 5.74) is 5.40. The van der Waals surface area contributed by atoms with Gasteiger partial charge >= 0.3 is 7.12 Å². The quantitative estimate of drug-likeness (QED) is 0.281. The van der Waals surface area contributed by atoms with E-state index in [0.29, 0.717) is 27.9 Å². The summed E-state index contributed by atoms with van der Waals surface area (Å²) in [4.78, 5) is 0. The first-order valence-corrected chi connectivity index (χ1v) is 11.4. The summed E-state index contributed by atoms with van der Waals surface area (Å²) in [5, 5.41) is 21.0. The van der Waals surface area contributed by atoms with E-state index in [4.69, 9.17) is 34.8 Å². The molecule has 0 amide bonds. The third-order valence-electron chi connectivity index (χ3n) is 6.01. The van der Waals surface area contributed by atoms with Crippen LogP contribution >= 0.6 is 34.8 Å². The Morgan fingerprint density at radius 1 is 0.677 bits per heavy atom. The lowest BCUT2D eigenvalue weighted by Gasteiger charge is -2.37. The van der Waals surface area contributed by atoms with Crippen molar-refractivity contribution in [3.63, 3.8) is 0 Å². The molecule has 0 aliphatic heterocycles. The third-order valence-corrected chi connectivity index (χ3v) is 7.23. The maximum atomic E-state index is 9.49. The second kappa shape index (κ2) is 9.98. The van der Waals surface area contributed by atoms with Gasteiger partial charge in [0.15, 0.2) is 0 Å². The van der Waals surface area contributed by atoms with Crippen LogP contribution in [0.3, 0.4) is 0 Å². The molecule has 0 saturated heterocycles. The van der Waals surface area contributed by atoms with Gasteiger partial charge in [-0.15, -0.1) is 0 Å². The fourth-order valence-electron chi connectivity index (χ4n) is 4.06. The molecule has 162 valence electrons. The first kappa shape index (κ1) is 24.2. The maximum Gasteiger partial charge on any atom is 0.451 e. The van der Waals surface area contributed by atoms with Crippen molar-refractivity contribution in [3.05, 3.63) is 103 Å². The van der Waals surface area contributed by atoms with Gasteiger partial charge in [-0.1, -0.05) is 77.6 Å². The summed E-state index contributed by atoms with van der Waals surface area (Å²) in [6, 6.07) is 18.3. The highest BCUT2D eigenvalue weighted by Gasteiger charge is 2.37. The highest BCUT2D eigenvalue weighted by molar-refractivity contribution is 6.40. The Bertz CT molecular complexity index is 957. The summed E-state index contributed by atoms with van der Waals surface area (Å²) in [6.07, 6.45) is 1.48. The van der Waals surface area contributed by atoms with Crippen LogP contribution in [0.2, 0.25) is 21.4 Å². The summed E-state index contributed by atoms with van der Waals surface area (Å²) in [5.74, 6) is 0. The molecular formula is C25H26BCl3O2. The number of hydrogen-bond acceptors (Lipinski definition) is 2. The van der Waals surface area contributed by atoms with Crippen molar-refractivity contribution in [1.29, 1.82) is 0 Å². The van der Waals surface area contributed by atoms with Crippen molar-refractivity contribution in [2.45, 2.75) is 45.3 Å². The van der Waals surface area contributed by atoms with Gasteiger partial charge in [-0.05, 0) is 85.1 Å². The molecule has 0 aliphatic carbocycles. The minimum atomic E-state index is -1.36. The van der Waals surface area contributed by atoms with Crippen LogP contribution in [-0.4, -0.2) is 17.2 Å². The minimum absolute atomic E-state index is 0.264. The monoisotopic (exact) mass is 474 g/mol. The van der Waals surface area contributed by atoms with E-state index in [9.17, 15) is 10.0 Å². The number of benzene rings is 3. The zero-order valence-corrected chi connectivity index (χ0v) is 20.2. The van der Waals surface area contributed by atoms with Crippen LogP contribution < -0.4 is 0 Å². The van der Waals surface area contributed by atoms with Crippen molar-refractivity contribution in [2.24, 2.45) is 0 Å². The van der Waals surface area contributed by atoms with E-state index in [-0.39, 0.29) is 6.32 Å². The molecule has 3 aromatic carbocycles. The normalized spacial score (nSPS) is 11.6. The van der Waals surface area contributed by atoms with E-state index < -0.39 is 12.5 Å². The molecule has 2 N–H and O–H groups in total. The first-order chi connectivity index (χ1) is 14.6. The predicted octanol–water partition coefficient (Wildman–Crippen LogP) is 7.16. The zero-order chi connectivity index (χ0) is 22.8. The van der Waals surface area contributed by atoms with Crippen LogP contribution in [-0.2, 0) is 5.41 Å². The Balaban J connectivity index is 2.33. The summed E-state index contributed by atoms with van der Waals surface area (Å²) >= 11 is 19.7. The number of rotatable bonds is 7. The Morgan fingerprint density at radius 3 is 1.32 bits per heavy atom. The predicted molar refractivity (Wildman–Crippen MR) is 133 cm³/mol. The number of hydrogen-bond donors (Lipinski definition) is 2. The van der Waals surface area contributed by atoms with Crippen molar-refractivity contribution in [3.8, 4) is 0 Å². The van der Waals surface area contributed by atoms with E-state index in [1.54, 1.807) is 0 Å². The molecule has 0 atom stereocenters. The van der Waals surface area contributed by atoms with Gasteiger partial charge in [0, 0.05) is 20.5 Å². The molecule has 0 heterocycles. The summed E-state index contributed by atoms with van der Waals surface area (Å²) in [6.45, 7) is 5.92. The molecule has 3 aromatic rings. The molecule has 0 saturated carbocycles. The standard InChI is InChI=1S/C25H26BCl3O2/c1-16-5-8-19(13-22(16)27)25(11-4-12-26(30)31,20-9-6-17(2)23(28)14-20)21-10-7-18(3)24(29)15-21/h5-10,13-15,30-31H,4,11-12H2,1-3H3. The molecule has 2 nitrogen and oxygen atoms in total. The highest BCUT2D eigenvalue weighted by atomic mass is 35.5.